The highest BCUT2D eigenvalue weighted by molar-refractivity contribution is 4.55. The van der Waals surface area contributed by atoms with E-state index in [0.29, 0.717) is 0 Å². The Balaban J connectivity index is 0. The van der Waals surface area contributed by atoms with Gasteiger partial charge in [-0.15, -0.1) is 0 Å². The number of piperidine rings is 1. The summed E-state index contributed by atoms with van der Waals surface area (Å²) in [7, 11) is 0. The minimum absolute atomic E-state index is 0.833. The Morgan fingerprint density at radius 3 is 1.25 bits per heavy atom. The first-order valence-electron chi connectivity index (χ1n) is 5.44. The number of hydrogen-bond acceptors (Lipinski definition) is 1. The fourth-order valence-corrected chi connectivity index (χ4v) is 0.802. The molecule has 0 unspecified atom stereocenters. The predicted octanol–water partition coefficient (Wildman–Crippen LogP) is 3.45. The Hall–Kier alpha value is -0.0400. The van der Waals surface area contributed by atoms with Gasteiger partial charge in [-0.2, -0.15) is 0 Å². The van der Waals surface area contributed by atoms with Crippen LogP contribution in [0.1, 0.15) is 53.9 Å². The molecule has 0 saturated carbocycles. The van der Waals surface area contributed by atoms with Gasteiger partial charge in [0.2, 0.25) is 0 Å². The molecule has 0 spiro atoms. The van der Waals surface area contributed by atoms with Crippen LogP contribution in [0, 0.1) is 5.92 Å². The van der Waals surface area contributed by atoms with Crippen LogP contribution < -0.4 is 5.32 Å². The molecule has 0 radical (unpaired) electrons. The van der Waals surface area contributed by atoms with E-state index >= 15 is 0 Å². The average molecular weight is 173 g/mol. The van der Waals surface area contributed by atoms with Crippen LogP contribution >= 0.6 is 0 Å². The van der Waals surface area contributed by atoms with Crippen LogP contribution in [0.25, 0.3) is 0 Å². The molecule has 1 nitrogen and oxygen atoms in total. The van der Waals surface area contributed by atoms with Crippen LogP contribution in [-0.2, 0) is 0 Å². The molecule has 0 bridgehead atoms. The predicted molar refractivity (Wildman–Crippen MR) is 58.6 cm³/mol. The summed E-state index contributed by atoms with van der Waals surface area (Å²) in [6.07, 6.45) is 4.22. The maximum Gasteiger partial charge on any atom is -0.00489 e. The molecule has 1 aliphatic heterocycles. The van der Waals surface area contributed by atoms with Crippen molar-refractivity contribution in [1.29, 1.82) is 0 Å². The van der Waals surface area contributed by atoms with E-state index in [1.165, 1.54) is 32.4 Å². The van der Waals surface area contributed by atoms with E-state index in [2.05, 4.69) is 26.1 Å². The van der Waals surface area contributed by atoms with Crippen molar-refractivity contribution in [3.05, 3.63) is 0 Å². The summed E-state index contributed by atoms with van der Waals surface area (Å²) in [6.45, 7) is 13.0. The zero-order valence-electron chi connectivity index (χ0n) is 9.61. The van der Waals surface area contributed by atoms with E-state index in [0.717, 1.165) is 5.92 Å². The maximum absolute atomic E-state index is 3.28. The first-order valence-corrected chi connectivity index (χ1v) is 5.44. The second-order valence-corrected chi connectivity index (χ2v) is 3.54. The van der Waals surface area contributed by atoms with Gasteiger partial charge in [-0.1, -0.05) is 41.0 Å². The zero-order valence-corrected chi connectivity index (χ0v) is 9.61. The van der Waals surface area contributed by atoms with Gasteiger partial charge in [0.15, 0.2) is 0 Å². The molecule has 0 atom stereocenters. The van der Waals surface area contributed by atoms with Crippen LogP contribution in [0.2, 0.25) is 0 Å². The standard InChI is InChI=1S/C5H11N.C4H10.C2H6/c1-2-4-6-5-3-1;1-4(2)3;1-2/h6H,1-5H2;4H,1-3H3;1-2H3. The first-order chi connectivity index (χ1) is 5.73. The number of rotatable bonds is 0. The summed E-state index contributed by atoms with van der Waals surface area (Å²) in [4.78, 5) is 0. The minimum atomic E-state index is 0.833. The van der Waals surface area contributed by atoms with E-state index < -0.39 is 0 Å². The highest BCUT2D eigenvalue weighted by Gasteiger charge is 1.93. The molecule has 76 valence electrons. The van der Waals surface area contributed by atoms with Gasteiger partial charge in [0.25, 0.3) is 0 Å². The lowest BCUT2D eigenvalue weighted by molar-refractivity contribution is 0.520. The van der Waals surface area contributed by atoms with E-state index in [-0.39, 0.29) is 0 Å². The summed E-state index contributed by atoms with van der Waals surface area (Å²) < 4.78 is 0. The van der Waals surface area contributed by atoms with E-state index in [1.807, 2.05) is 13.8 Å². The topological polar surface area (TPSA) is 12.0 Å². The van der Waals surface area contributed by atoms with Gasteiger partial charge in [0.1, 0.15) is 0 Å². The third-order valence-corrected chi connectivity index (χ3v) is 1.21. The van der Waals surface area contributed by atoms with Crippen LogP contribution in [-0.4, -0.2) is 13.1 Å². The first kappa shape index (κ1) is 14.5. The SMILES string of the molecule is C1CCNCC1.CC.CC(C)C. The van der Waals surface area contributed by atoms with Crippen molar-refractivity contribution < 1.29 is 0 Å². The average Bonchev–Trinajstić information content (AvgIpc) is 2.10. The van der Waals surface area contributed by atoms with Gasteiger partial charge >= 0.3 is 0 Å². The fourth-order valence-electron chi connectivity index (χ4n) is 0.802. The van der Waals surface area contributed by atoms with Crippen molar-refractivity contribution in [3.63, 3.8) is 0 Å². The molecule has 1 aliphatic rings. The van der Waals surface area contributed by atoms with Gasteiger partial charge in [-0.3, -0.25) is 0 Å². The van der Waals surface area contributed by atoms with Gasteiger partial charge in [-0.05, 0) is 31.8 Å². The van der Waals surface area contributed by atoms with Gasteiger partial charge in [-0.25, -0.2) is 0 Å². The van der Waals surface area contributed by atoms with Gasteiger partial charge in [0, 0.05) is 0 Å². The van der Waals surface area contributed by atoms with Crippen molar-refractivity contribution in [2.75, 3.05) is 13.1 Å². The lowest BCUT2D eigenvalue weighted by atomic mass is 10.2. The summed E-state index contributed by atoms with van der Waals surface area (Å²) in [5.41, 5.74) is 0. The van der Waals surface area contributed by atoms with Crippen LogP contribution in [0.4, 0.5) is 0 Å². The molecular weight excluding hydrogens is 146 g/mol. The maximum atomic E-state index is 3.28. The molecule has 0 aromatic heterocycles. The quantitative estimate of drug-likeness (QED) is 0.591. The number of nitrogens with one attached hydrogen (secondary N) is 1. The Morgan fingerprint density at radius 1 is 0.833 bits per heavy atom. The third-order valence-electron chi connectivity index (χ3n) is 1.21. The molecule has 0 aliphatic carbocycles. The Bertz CT molecular complexity index is 41.8. The fraction of sp³-hybridized carbons (Fsp3) is 1.00. The Labute approximate surface area is 78.9 Å². The minimum Gasteiger partial charge on any atom is -0.317 e. The van der Waals surface area contributed by atoms with Gasteiger partial charge in [0.05, 0.1) is 0 Å². The Kier molecular flexibility index (Phi) is 16.3. The monoisotopic (exact) mass is 173 g/mol. The van der Waals surface area contributed by atoms with Gasteiger partial charge < -0.3 is 5.32 Å². The van der Waals surface area contributed by atoms with Crippen molar-refractivity contribution in [3.8, 4) is 0 Å². The molecule has 1 saturated heterocycles. The third kappa shape index (κ3) is 22.5. The van der Waals surface area contributed by atoms with Crippen LogP contribution in [0.3, 0.4) is 0 Å². The molecule has 0 aromatic rings. The molecule has 1 heteroatoms. The van der Waals surface area contributed by atoms with E-state index in [1.54, 1.807) is 0 Å². The molecule has 1 fully saturated rings. The highest BCUT2D eigenvalue weighted by atomic mass is 14.9. The lowest BCUT2D eigenvalue weighted by Gasteiger charge is -2.08. The Morgan fingerprint density at radius 2 is 1.17 bits per heavy atom. The summed E-state index contributed by atoms with van der Waals surface area (Å²) in [5.74, 6) is 0.833. The van der Waals surface area contributed by atoms with E-state index in [4.69, 9.17) is 0 Å². The normalized spacial score (nSPS) is 15.5. The molecule has 0 amide bonds. The second-order valence-electron chi connectivity index (χ2n) is 3.54. The van der Waals surface area contributed by atoms with Crippen molar-refractivity contribution >= 4 is 0 Å². The summed E-state index contributed by atoms with van der Waals surface area (Å²) in [6, 6.07) is 0. The van der Waals surface area contributed by atoms with Crippen molar-refractivity contribution in [2.24, 2.45) is 5.92 Å². The van der Waals surface area contributed by atoms with Crippen molar-refractivity contribution in [2.45, 2.75) is 53.9 Å². The van der Waals surface area contributed by atoms with E-state index in [9.17, 15) is 0 Å². The largest absolute Gasteiger partial charge is 0.317 e. The molecular formula is C11H27N. The van der Waals surface area contributed by atoms with Crippen LogP contribution in [0.15, 0.2) is 0 Å². The smallest absolute Gasteiger partial charge is 0.00489 e. The second kappa shape index (κ2) is 13.5. The molecule has 1 heterocycles. The summed E-state index contributed by atoms with van der Waals surface area (Å²) >= 11 is 0. The number of hydrogen-bond donors (Lipinski definition) is 1. The molecule has 1 N–H and O–H groups in total. The molecule has 12 heavy (non-hydrogen) atoms. The molecule has 0 aromatic carbocycles. The summed E-state index contributed by atoms with van der Waals surface area (Å²) in [5, 5.41) is 3.28. The van der Waals surface area contributed by atoms with Crippen molar-refractivity contribution in [1.82, 2.24) is 5.32 Å². The molecule has 1 rings (SSSR count). The highest BCUT2D eigenvalue weighted by Crippen LogP contribution is 1.96. The van der Waals surface area contributed by atoms with Crippen LogP contribution in [0.5, 0.6) is 0 Å². The lowest BCUT2D eigenvalue weighted by Crippen LogP contribution is -2.21. The zero-order chi connectivity index (χ0) is 9.82.